The molecule has 0 unspecified atom stereocenters. The Morgan fingerprint density at radius 1 is 1.14 bits per heavy atom. The van der Waals surface area contributed by atoms with Crippen LogP contribution in [0.1, 0.15) is 44.6 Å². The number of amides is 1. The number of fused-ring (bicyclic) bond motifs is 1. The first-order valence-electron chi connectivity index (χ1n) is 12.2. The van der Waals surface area contributed by atoms with Crippen LogP contribution < -0.4 is 16.6 Å². The van der Waals surface area contributed by atoms with Crippen LogP contribution in [0.2, 0.25) is 0 Å². The zero-order valence-corrected chi connectivity index (χ0v) is 22.8. The van der Waals surface area contributed by atoms with Crippen molar-refractivity contribution in [2.24, 2.45) is 13.0 Å². The molecule has 3 aromatic rings. The van der Waals surface area contributed by atoms with Gasteiger partial charge in [0, 0.05) is 26.6 Å². The highest BCUT2D eigenvalue weighted by Crippen LogP contribution is 2.24. The summed E-state index contributed by atoms with van der Waals surface area (Å²) < 4.78 is 2.63. The molecule has 2 heterocycles. The molecule has 0 aliphatic rings. The maximum atomic E-state index is 13.1. The largest absolute Gasteiger partial charge is 0.353 e. The molecule has 1 atom stereocenters. The topological polar surface area (TPSA) is 102 Å². The van der Waals surface area contributed by atoms with E-state index in [4.69, 9.17) is 0 Å². The zero-order chi connectivity index (χ0) is 26.4. The molecule has 36 heavy (non-hydrogen) atoms. The normalized spacial score (nSPS) is 12.4. The van der Waals surface area contributed by atoms with Gasteiger partial charge in [0.25, 0.3) is 5.56 Å². The van der Waals surface area contributed by atoms with Crippen LogP contribution >= 0.6 is 11.8 Å². The van der Waals surface area contributed by atoms with Crippen molar-refractivity contribution >= 4 is 28.7 Å². The van der Waals surface area contributed by atoms with Crippen molar-refractivity contribution in [2.45, 2.75) is 51.2 Å². The van der Waals surface area contributed by atoms with Crippen molar-refractivity contribution in [1.82, 2.24) is 29.3 Å². The lowest BCUT2D eigenvalue weighted by Gasteiger charge is -2.25. The van der Waals surface area contributed by atoms with Gasteiger partial charge in [0.1, 0.15) is 16.2 Å². The monoisotopic (exact) mass is 512 g/mol. The third kappa shape index (κ3) is 6.41. The summed E-state index contributed by atoms with van der Waals surface area (Å²) in [7, 11) is 5.42. The summed E-state index contributed by atoms with van der Waals surface area (Å²) in [5.74, 6) is 0.800. The van der Waals surface area contributed by atoms with E-state index in [1.807, 2.05) is 51.4 Å². The molecule has 1 amide bonds. The first-order valence-corrected chi connectivity index (χ1v) is 13.2. The number of hydrogen-bond donors (Lipinski definition) is 1. The number of rotatable bonds is 11. The Kier molecular flexibility index (Phi) is 9.44. The quantitative estimate of drug-likeness (QED) is 0.311. The van der Waals surface area contributed by atoms with E-state index >= 15 is 0 Å². The van der Waals surface area contributed by atoms with Gasteiger partial charge in [-0.3, -0.25) is 18.7 Å². The average molecular weight is 513 g/mol. The van der Waals surface area contributed by atoms with Crippen LogP contribution in [0.5, 0.6) is 0 Å². The van der Waals surface area contributed by atoms with Crippen LogP contribution in [0.4, 0.5) is 0 Å². The molecule has 1 N–H and O–H groups in total. The standard InChI is InChI=1S/C26H36N6O3S/c1-7-13-32-23-22(25(34)31(6)26(32)35)24(29-20(28-23)14-17(2)3)36-16-21(33)27-15-19(30(4)5)18-11-9-8-10-12-18/h8-12,17,19H,7,13-16H2,1-6H3,(H,27,33)/t19-/m1/s1. The highest BCUT2D eigenvalue weighted by molar-refractivity contribution is 8.00. The van der Waals surface area contributed by atoms with Gasteiger partial charge < -0.3 is 10.2 Å². The zero-order valence-electron chi connectivity index (χ0n) is 21.9. The second-order valence-corrected chi connectivity index (χ2v) is 10.5. The highest BCUT2D eigenvalue weighted by atomic mass is 32.2. The summed E-state index contributed by atoms with van der Waals surface area (Å²) in [6.07, 6.45) is 1.32. The van der Waals surface area contributed by atoms with Crippen molar-refractivity contribution in [2.75, 3.05) is 26.4 Å². The minimum Gasteiger partial charge on any atom is -0.353 e. The van der Waals surface area contributed by atoms with Crippen LogP contribution in [0.3, 0.4) is 0 Å². The number of carbonyl (C=O) groups excluding carboxylic acids is 1. The number of benzene rings is 1. The lowest BCUT2D eigenvalue weighted by molar-refractivity contribution is -0.118. The summed E-state index contributed by atoms with van der Waals surface area (Å²) >= 11 is 1.21. The SMILES string of the molecule is CCCn1c(=O)n(C)c(=O)c2c(SCC(=O)NC[C@H](c3ccccc3)N(C)C)nc(CC(C)C)nc21. The first-order chi connectivity index (χ1) is 17.1. The van der Waals surface area contributed by atoms with E-state index in [0.29, 0.717) is 41.9 Å². The Bertz CT molecular complexity index is 1320. The minimum absolute atomic E-state index is 0.0356. The van der Waals surface area contributed by atoms with Gasteiger partial charge in [0.2, 0.25) is 5.91 Å². The van der Waals surface area contributed by atoms with E-state index in [1.54, 1.807) is 0 Å². The van der Waals surface area contributed by atoms with Crippen molar-refractivity contribution < 1.29 is 4.79 Å². The highest BCUT2D eigenvalue weighted by Gasteiger charge is 2.20. The number of nitrogens with zero attached hydrogens (tertiary/aromatic N) is 5. The van der Waals surface area contributed by atoms with Gasteiger partial charge in [0.05, 0.1) is 11.8 Å². The van der Waals surface area contributed by atoms with Gasteiger partial charge in [-0.25, -0.2) is 14.8 Å². The Hall–Kier alpha value is -2.98. The number of nitrogens with one attached hydrogen (secondary N) is 1. The van der Waals surface area contributed by atoms with Crippen LogP contribution in [0.25, 0.3) is 11.0 Å². The third-order valence-electron chi connectivity index (χ3n) is 5.87. The molecule has 0 aliphatic carbocycles. The first kappa shape index (κ1) is 27.6. The van der Waals surface area contributed by atoms with Gasteiger partial charge in [-0.05, 0) is 32.0 Å². The van der Waals surface area contributed by atoms with Crippen molar-refractivity contribution in [3.05, 3.63) is 62.6 Å². The average Bonchev–Trinajstić information content (AvgIpc) is 2.84. The van der Waals surface area contributed by atoms with Gasteiger partial charge in [-0.1, -0.05) is 62.9 Å². The molecule has 0 saturated carbocycles. The molecule has 9 nitrogen and oxygen atoms in total. The van der Waals surface area contributed by atoms with Crippen LogP contribution in [-0.4, -0.2) is 56.3 Å². The number of likely N-dealkylation sites (N-methyl/N-ethyl adjacent to an activating group) is 1. The Balaban J connectivity index is 1.89. The predicted molar refractivity (Wildman–Crippen MR) is 144 cm³/mol. The number of hydrogen-bond acceptors (Lipinski definition) is 7. The van der Waals surface area contributed by atoms with E-state index in [0.717, 1.165) is 16.6 Å². The third-order valence-corrected chi connectivity index (χ3v) is 6.85. The van der Waals surface area contributed by atoms with Crippen molar-refractivity contribution in [1.29, 1.82) is 0 Å². The smallest absolute Gasteiger partial charge is 0.332 e. The van der Waals surface area contributed by atoms with Crippen LogP contribution in [0.15, 0.2) is 44.9 Å². The Morgan fingerprint density at radius 3 is 2.44 bits per heavy atom. The molecule has 0 fully saturated rings. The lowest BCUT2D eigenvalue weighted by Crippen LogP contribution is -2.39. The molecular formula is C26H36N6O3S. The molecule has 0 bridgehead atoms. The Morgan fingerprint density at radius 2 is 1.83 bits per heavy atom. The number of carbonyl (C=O) groups is 1. The lowest BCUT2D eigenvalue weighted by atomic mass is 10.1. The Labute approximate surface area is 215 Å². The molecular weight excluding hydrogens is 476 g/mol. The maximum absolute atomic E-state index is 13.1. The van der Waals surface area contributed by atoms with E-state index < -0.39 is 11.2 Å². The number of aromatic nitrogens is 4. The molecule has 0 aliphatic heterocycles. The van der Waals surface area contributed by atoms with Crippen molar-refractivity contribution in [3.63, 3.8) is 0 Å². The molecule has 10 heteroatoms. The minimum atomic E-state index is -0.446. The fourth-order valence-corrected chi connectivity index (χ4v) is 4.90. The summed E-state index contributed by atoms with van der Waals surface area (Å²) in [5, 5.41) is 3.73. The number of aryl methyl sites for hydroxylation is 1. The van der Waals surface area contributed by atoms with Crippen LogP contribution in [-0.2, 0) is 24.8 Å². The molecule has 194 valence electrons. The van der Waals surface area contributed by atoms with Gasteiger partial charge in [-0.2, -0.15) is 0 Å². The molecule has 3 rings (SSSR count). The summed E-state index contributed by atoms with van der Waals surface area (Å²) in [6.45, 7) is 6.99. The van der Waals surface area contributed by atoms with Crippen LogP contribution in [0, 0.1) is 5.92 Å². The molecule has 0 saturated heterocycles. The van der Waals surface area contributed by atoms with E-state index in [-0.39, 0.29) is 23.1 Å². The molecule has 2 aromatic heterocycles. The number of thioether (sulfide) groups is 1. The van der Waals surface area contributed by atoms with E-state index in [2.05, 4.69) is 34.0 Å². The summed E-state index contributed by atoms with van der Waals surface area (Å²) in [6, 6.07) is 10.1. The van der Waals surface area contributed by atoms with E-state index in [9.17, 15) is 14.4 Å². The molecule has 0 spiro atoms. The molecule has 1 aromatic carbocycles. The van der Waals surface area contributed by atoms with E-state index in [1.165, 1.54) is 23.4 Å². The summed E-state index contributed by atoms with van der Waals surface area (Å²) in [4.78, 5) is 50.1. The van der Waals surface area contributed by atoms with Gasteiger partial charge in [0.15, 0.2) is 5.65 Å². The second kappa shape index (κ2) is 12.3. The van der Waals surface area contributed by atoms with Crippen molar-refractivity contribution in [3.8, 4) is 0 Å². The summed E-state index contributed by atoms with van der Waals surface area (Å²) in [5.41, 5.74) is 0.620. The fourth-order valence-electron chi connectivity index (χ4n) is 4.04. The van der Waals surface area contributed by atoms with Gasteiger partial charge in [-0.15, -0.1) is 0 Å². The fraction of sp³-hybridized carbons (Fsp3) is 0.500. The van der Waals surface area contributed by atoms with Gasteiger partial charge >= 0.3 is 5.69 Å². The molecule has 0 radical (unpaired) electrons. The predicted octanol–water partition coefficient (Wildman–Crippen LogP) is 2.61. The second-order valence-electron chi connectivity index (χ2n) is 9.52. The maximum Gasteiger partial charge on any atom is 0.332 e.